The average Bonchev–Trinajstić information content (AvgIpc) is 2.53. The Hall–Kier alpha value is -0.560. The van der Waals surface area contributed by atoms with E-state index in [1.807, 2.05) is 18.4 Å². The lowest BCUT2D eigenvalue weighted by Gasteiger charge is -2.31. The molecule has 0 bridgehead atoms. The van der Waals surface area contributed by atoms with E-state index >= 15 is 0 Å². The zero-order valence-corrected chi connectivity index (χ0v) is 14.3. The van der Waals surface area contributed by atoms with E-state index in [0.717, 1.165) is 30.8 Å². The summed E-state index contributed by atoms with van der Waals surface area (Å²) >= 11 is 1.48. The number of benzene rings is 1. The molecule has 6 heteroatoms. The molecule has 1 aromatic carbocycles. The lowest BCUT2D eigenvalue weighted by molar-refractivity contribution is 0.268. The van der Waals surface area contributed by atoms with Crippen LogP contribution in [0, 0.1) is 5.92 Å². The van der Waals surface area contributed by atoms with Crippen molar-refractivity contribution in [3.05, 3.63) is 24.3 Å². The van der Waals surface area contributed by atoms with Gasteiger partial charge in [0, 0.05) is 18.0 Å². The van der Waals surface area contributed by atoms with Crippen LogP contribution in [0.2, 0.25) is 0 Å². The number of rotatable bonds is 6. The molecule has 1 heterocycles. The van der Waals surface area contributed by atoms with Gasteiger partial charge in [-0.05, 0) is 50.2 Å². The molecule has 0 spiro atoms. The second kappa shape index (κ2) is 7.63. The fourth-order valence-corrected chi connectivity index (χ4v) is 5.27. The quantitative estimate of drug-likeness (QED) is 0.815. The van der Waals surface area contributed by atoms with Crippen molar-refractivity contribution >= 4 is 21.8 Å². The fraction of sp³-hybridized carbons (Fsp3) is 0.600. The first kappa shape index (κ1) is 16.8. The zero-order valence-electron chi connectivity index (χ0n) is 12.7. The lowest BCUT2D eigenvalue weighted by atomic mass is 9.98. The van der Waals surface area contributed by atoms with Gasteiger partial charge in [0.25, 0.3) is 0 Å². The Bertz CT molecular complexity index is 553. The van der Waals surface area contributed by atoms with Gasteiger partial charge < -0.3 is 5.32 Å². The van der Waals surface area contributed by atoms with E-state index in [9.17, 15) is 8.42 Å². The highest BCUT2D eigenvalue weighted by molar-refractivity contribution is 7.99. The number of hydrogen-bond donors (Lipinski definition) is 1. The Morgan fingerprint density at radius 2 is 1.95 bits per heavy atom. The minimum absolute atomic E-state index is 0.447. The average molecular weight is 329 g/mol. The van der Waals surface area contributed by atoms with Crippen LogP contribution in [-0.4, -0.2) is 45.2 Å². The smallest absolute Gasteiger partial charge is 0.244 e. The van der Waals surface area contributed by atoms with Gasteiger partial charge in [-0.2, -0.15) is 4.31 Å². The summed E-state index contributed by atoms with van der Waals surface area (Å²) < 4.78 is 27.2. The maximum Gasteiger partial charge on any atom is 0.244 e. The molecule has 1 aliphatic rings. The van der Waals surface area contributed by atoms with Crippen LogP contribution < -0.4 is 5.32 Å². The van der Waals surface area contributed by atoms with Gasteiger partial charge in [0.15, 0.2) is 0 Å². The van der Waals surface area contributed by atoms with Crippen LogP contribution in [0.1, 0.15) is 19.8 Å². The summed E-state index contributed by atoms with van der Waals surface area (Å²) in [6, 6.07) is 7.26. The van der Waals surface area contributed by atoms with Crippen molar-refractivity contribution in [3.63, 3.8) is 0 Å². The molecule has 0 aromatic heterocycles. The largest absolute Gasteiger partial charge is 0.317 e. The Balaban J connectivity index is 2.08. The molecular weight excluding hydrogens is 304 g/mol. The van der Waals surface area contributed by atoms with Crippen molar-refractivity contribution in [1.29, 1.82) is 0 Å². The van der Waals surface area contributed by atoms with Crippen LogP contribution in [0.4, 0.5) is 0 Å². The van der Waals surface area contributed by atoms with E-state index in [1.54, 1.807) is 16.4 Å². The number of piperidine rings is 1. The second-order valence-corrected chi connectivity index (χ2v) is 8.06. The first-order valence-corrected chi connectivity index (χ1v) is 10.1. The third kappa shape index (κ3) is 4.00. The number of nitrogens with zero attached hydrogens (tertiary/aromatic N) is 1. The predicted octanol–water partition coefficient (Wildman–Crippen LogP) is 2.42. The molecule has 21 heavy (non-hydrogen) atoms. The summed E-state index contributed by atoms with van der Waals surface area (Å²) in [6.45, 7) is 5.31. The molecule has 118 valence electrons. The molecule has 2 rings (SSSR count). The minimum Gasteiger partial charge on any atom is -0.317 e. The van der Waals surface area contributed by atoms with Gasteiger partial charge in [-0.3, -0.25) is 0 Å². The highest BCUT2D eigenvalue weighted by Gasteiger charge is 2.30. The van der Waals surface area contributed by atoms with Crippen molar-refractivity contribution < 1.29 is 8.42 Å². The summed E-state index contributed by atoms with van der Waals surface area (Å²) in [7, 11) is -3.36. The van der Waals surface area contributed by atoms with E-state index in [4.69, 9.17) is 0 Å². The van der Waals surface area contributed by atoms with Crippen LogP contribution in [0.15, 0.2) is 34.1 Å². The first-order valence-electron chi connectivity index (χ1n) is 7.43. The number of sulfonamides is 1. The molecule has 0 saturated carbocycles. The molecule has 1 N–H and O–H groups in total. The van der Waals surface area contributed by atoms with Crippen LogP contribution in [-0.2, 0) is 10.0 Å². The van der Waals surface area contributed by atoms with Crippen LogP contribution in [0.25, 0.3) is 0 Å². The molecule has 1 aliphatic heterocycles. The van der Waals surface area contributed by atoms with Crippen LogP contribution in [0.5, 0.6) is 0 Å². The molecule has 0 aliphatic carbocycles. The van der Waals surface area contributed by atoms with E-state index < -0.39 is 10.0 Å². The summed E-state index contributed by atoms with van der Waals surface area (Å²) in [5, 5.41) is 3.35. The van der Waals surface area contributed by atoms with Crippen LogP contribution in [0.3, 0.4) is 0 Å². The monoisotopic (exact) mass is 328 g/mol. The van der Waals surface area contributed by atoms with Gasteiger partial charge in [0.2, 0.25) is 10.0 Å². The Morgan fingerprint density at radius 3 is 2.57 bits per heavy atom. The van der Waals surface area contributed by atoms with Crippen molar-refractivity contribution in [2.75, 3.05) is 32.4 Å². The second-order valence-electron chi connectivity index (χ2n) is 5.31. The molecule has 1 aromatic rings. The van der Waals surface area contributed by atoms with Gasteiger partial charge in [0.05, 0.1) is 4.90 Å². The Labute approximate surface area is 132 Å². The Morgan fingerprint density at radius 1 is 1.29 bits per heavy atom. The van der Waals surface area contributed by atoms with Gasteiger partial charge in [-0.25, -0.2) is 8.42 Å². The lowest BCUT2D eigenvalue weighted by Crippen LogP contribution is -2.40. The van der Waals surface area contributed by atoms with E-state index in [-0.39, 0.29) is 0 Å². The molecule has 4 nitrogen and oxygen atoms in total. The highest BCUT2D eigenvalue weighted by Crippen LogP contribution is 2.29. The third-order valence-corrected chi connectivity index (χ3v) is 6.83. The van der Waals surface area contributed by atoms with Crippen molar-refractivity contribution in [2.45, 2.75) is 29.6 Å². The molecule has 1 fully saturated rings. The van der Waals surface area contributed by atoms with Gasteiger partial charge in [-0.15, -0.1) is 11.8 Å². The molecule has 0 amide bonds. The summed E-state index contributed by atoms with van der Waals surface area (Å²) in [5.41, 5.74) is 0. The van der Waals surface area contributed by atoms with Crippen LogP contribution >= 0.6 is 11.8 Å². The van der Waals surface area contributed by atoms with Crippen molar-refractivity contribution in [1.82, 2.24) is 9.62 Å². The van der Waals surface area contributed by atoms with Gasteiger partial charge in [0.1, 0.15) is 0 Å². The zero-order chi connectivity index (χ0) is 15.3. The summed E-state index contributed by atoms with van der Waals surface area (Å²) in [4.78, 5) is 1.27. The first-order chi connectivity index (χ1) is 10.1. The molecule has 0 unspecified atom stereocenters. The standard InChI is InChI=1S/C15H24N2O2S2/c1-3-16-12-13-8-10-17(11-9-13)21(18,19)15-7-5-4-6-14(15)20-2/h4-7,13,16H,3,8-12H2,1-2H3. The van der Waals surface area contributed by atoms with Crippen molar-refractivity contribution in [2.24, 2.45) is 5.92 Å². The topological polar surface area (TPSA) is 49.4 Å². The van der Waals surface area contributed by atoms with E-state index in [1.165, 1.54) is 11.8 Å². The Kier molecular flexibility index (Phi) is 6.10. The maximum atomic E-state index is 12.8. The third-order valence-electron chi connectivity index (χ3n) is 3.94. The van der Waals surface area contributed by atoms with Gasteiger partial charge >= 0.3 is 0 Å². The van der Waals surface area contributed by atoms with E-state index in [0.29, 0.717) is 23.9 Å². The fourth-order valence-electron chi connectivity index (χ4n) is 2.67. The SMILES string of the molecule is CCNCC1CCN(S(=O)(=O)c2ccccc2SC)CC1. The predicted molar refractivity (Wildman–Crippen MR) is 88.2 cm³/mol. The highest BCUT2D eigenvalue weighted by atomic mass is 32.2. The van der Waals surface area contributed by atoms with Crippen molar-refractivity contribution in [3.8, 4) is 0 Å². The minimum atomic E-state index is -3.36. The summed E-state index contributed by atoms with van der Waals surface area (Å²) in [5.74, 6) is 0.590. The number of nitrogens with one attached hydrogen (secondary N) is 1. The molecule has 0 radical (unpaired) electrons. The van der Waals surface area contributed by atoms with Gasteiger partial charge in [-0.1, -0.05) is 19.1 Å². The number of thioether (sulfide) groups is 1. The number of hydrogen-bond acceptors (Lipinski definition) is 4. The molecule has 0 atom stereocenters. The van der Waals surface area contributed by atoms with E-state index in [2.05, 4.69) is 12.2 Å². The normalized spacial score (nSPS) is 18.0. The molecular formula is C15H24N2O2S2. The maximum absolute atomic E-state index is 12.8. The molecule has 1 saturated heterocycles. The summed E-state index contributed by atoms with van der Waals surface area (Å²) in [6.07, 6.45) is 3.79.